The second-order valence-corrected chi connectivity index (χ2v) is 6.90. The molecular formula is C18H28IN5OS. The number of rotatable bonds is 8. The molecular weight excluding hydrogens is 461 g/mol. The standard InChI is InChI=1S/C18H27N5OS.HI/c1-5-10-24-17-15(8-7-9-20-17)11-21-18(19-6-2)22-12-16-23-13(3)14(4)25-16;/h7-9H,5-6,10-12H2,1-4H3,(H2,19,21,22);1H. The number of nitrogens with zero attached hydrogens (tertiary/aromatic N) is 3. The highest BCUT2D eigenvalue weighted by Gasteiger charge is 2.07. The highest BCUT2D eigenvalue weighted by molar-refractivity contribution is 14.0. The average Bonchev–Trinajstić information content (AvgIpc) is 2.94. The third-order valence-electron chi connectivity index (χ3n) is 3.52. The van der Waals surface area contributed by atoms with Crippen molar-refractivity contribution >= 4 is 41.3 Å². The van der Waals surface area contributed by atoms with E-state index in [1.54, 1.807) is 17.5 Å². The van der Waals surface area contributed by atoms with Crippen LogP contribution in [0.5, 0.6) is 5.88 Å². The minimum Gasteiger partial charge on any atom is -0.477 e. The Labute approximate surface area is 176 Å². The Hall–Kier alpha value is -1.42. The molecule has 0 aliphatic carbocycles. The van der Waals surface area contributed by atoms with Gasteiger partial charge in [0.05, 0.1) is 25.4 Å². The van der Waals surface area contributed by atoms with Gasteiger partial charge in [-0.05, 0) is 33.3 Å². The van der Waals surface area contributed by atoms with E-state index in [2.05, 4.69) is 46.4 Å². The summed E-state index contributed by atoms with van der Waals surface area (Å²) in [6.07, 6.45) is 2.70. The molecule has 0 radical (unpaired) electrons. The Kier molecular flexibility index (Phi) is 10.5. The van der Waals surface area contributed by atoms with Crippen LogP contribution in [0.4, 0.5) is 0 Å². The minimum atomic E-state index is 0. The number of aryl methyl sites for hydroxylation is 2. The lowest BCUT2D eigenvalue weighted by atomic mass is 10.3. The zero-order valence-electron chi connectivity index (χ0n) is 15.8. The lowest BCUT2D eigenvalue weighted by Crippen LogP contribution is -2.36. The number of hydrogen-bond donors (Lipinski definition) is 2. The summed E-state index contributed by atoms with van der Waals surface area (Å²) in [7, 11) is 0. The first-order valence-corrected chi connectivity index (χ1v) is 9.47. The van der Waals surface area contributed by atoms with Gasteiger partial charge in [0.25, 0.3) is 0 Å². The fraction of sp³-hybridized carbons (Fsp3) is 0.500. The highest BCUT2D eigenvalue weighted by atomic mass is 127. The molecule has 0 aromatic carbocycles. The predicted molar refractivity (Wildman–Crippen MR) is 119 cm³/mol. The number of guanidine groups is 1. The van der Waals surface area contributed by atoms with Gasteiger partial charge >= 0.3 is 0 Å². The Morgan fingerprint density at radius 3 is 2.73 bits per heavy atom. The molecule has 2 N–H and O–H groups in total. The summed E-state index contributed by atoms with van der Waals surface area (Å²) >= 11 is 1.71. The predicted octanol–water partition coefficient (Wildman–Crippen LogP) is 3.82. The Morgan fingerprint density at radius 1 is 1.27 bits per heavy atom. The van der Waals surface area contributed by atoms with Gasteiger partial charge in [-0.25, -0.2) is 15.0 Å². The van der Waals surface area contributed by atoms with E-state index in [-0.39, 0.29) is 24.0 Å². The smallest absolute Gasteiger partial charge is 0.218 e. The van der Waals surface area contributed by atoms with Crippen molar-refractivity contribution in [3.63, 3.8) is 0 Å². The number of aromatic nitrogens is 2. The third kappa shape index (κ3) is 7.06. The Balaban J connectivity index is 0.00000338. The molecule has 2 rings (SSSR count). The molecule has 6 nitrogen and oxygen atoms in total. The normalized spacial score (nSPS) is 11.0. The van der Waals surface area contributed by atoms with Gasteiger partial charge in [0, 0.05) is 23.2 Å². The molecule has 0 saturated heterocycles. The minimum absolute atomic E-state index is 0. The summed E-state index contributed by atoms with van der Waals surface area (Å²) in [4.78, 5) is 14.8. The van der Waals surface area contributed by atoms with Gasteiger partial charge in [-0.1, -0.05) is 13.0 Å². The summed E-state index contributed by atoms with van der Waals surface area (Å²) in [6.45, 7) is 10.9. The van der Waals surface area contributed by atoms with Crippen LogP contribution >= 0.6 is 35.3 Å². The van der Waals surface area contributed by atoms with E-state index in [4.69, 9.17) is 4.74 Å². The molecule has 0 amide bonds. The molecule has 0 atom stereocenters. The number of aliphatic imine (C=N–C) groups is 1. The van der Waals surface area contributed by atoms with Crippen molar-refractivity contribution in [3.05, 3.63) is 39.5 Å². The largest absolute Gasteiger partial charge is 0.477 e. The number of halogens is 1. The van der Waals surface area contributed by atoms with Crippen molar-refractivity contribution in [2.45, 2.75) is 47.2 Å². The van der Waals surface area contributed by atoms with Crippen LogP contribution < -0.4 is 15.4 Å². The first-order valence-electron chi connectivity index (χ1n) is 8.65. The van der Waals surface area contributed by atoms with Gasteiger partial charge in [0.2, 0.25) is 5.88 Å². The molecule has 2 aromatic heterocycles. The van der Waals surface area contributed by atoms with Crippen molar-refractivity contribution in [2.24, 2.45) is 4.99 Å². The van der Waals surface area contributed by atoms with Crippen molar-refractivity contribution in [1.29, 1.82) is 0 Å². The van der Waals surface area contributed by atoms with E-state index < -0.39 is 0 Å². The zero-order chi connectivity index (χ0) is 18.1. The van der Waals surface area contributed by atoms with E-state index >= 15 is 0 Å². The monoisotopic (exact) mass is 489 g/mol. The lowest BCUT2D eigenvalue weighted by Gasteiger charge is -2.11. The lowest BCUT2D eigenvalue weighted by molar-refractivity contribution is 0.302. The first-order chi connectivity index (χ1) is 12.1. The number of hydrogen-bond acceptors (Lipinski definition) is 5. The summed E-state index contributed by atoms with van der Waals surface area (Å²) < 4.78 is 5.69. The van der Waals surface area contributed by atoms with Gasteiger partial charge in [0.15, 0.2) is 5.96 Å². The zero-order valence-corrected chi connectivity index (χ0v) is 19.0. The van der Waals surface area contributed by atoms with Crippen LogP contribution in [-0.2, 0) is 13.1 Å². The molecule has 26 heavy (non-hydrogen) atoms. The summed E-state index contributed by atoms with van der Waals surface area (Å²) in [5, 5.41) is 7.66. The SMILES string of the molecule is CCCOc1ncccc1CN=C(NCC)NCc1nc(C)c(C)s1.I. The molecule has 0 spiro atoms. The van der Waals surface area contributed by atoms with E-state index in [1.165, 1.54) is 4.88 Å². The summed E-state index contributed by atoms with van der Waals surface area (Å²) in [5.74, 6) is 1.42. The number of nitrogens with one attached hydrogen (secondary N) is 2. The summed E-state index contributed by atoms with van der Waals surface area (Å²) in [6, 6.07) is 3.91. The van der Waals surface area contributed by atoms with Gasteiger partial charge < -0.3 is 15.4 Å². The van der Waals surface area contributed by atoms with Crippen LogP contribution in [0, 0.1) is 13.8 Å². The second-order valence-electron chi connectivity index (χ2n) is 5.61. The van der Waals surface area contributed by atoms with Crippen molar-refractivity contribution < 1.29 is 4.74 Å². The Bertz CT molecular complexity index is 685. The molecule has 0 aliphatic rings. The quantitative estimate of drug-likeness (QED) is 0.335. The molecule has 2 aromatic rings. The van der Waals surface area contributed by atoms with Crippen LogP contribution in [0.25, 0.3) is 0 Å². The average molecular weight is 489 g/mol. The van der Waals surface area contributed by atoms with Gasteiger partial charge in [0.1, 0.15) is 5.01 Å². The first kappa shape index (κ1) is 22.6. The number of ether oxygens (including phenoxy) is 1. The molecule has 8 heteroatoms. The van der Waals surface area contributed by atoms with Crippen LogP contribution in [0.1, 0.15) is 41.4 Å². The van der Waals surface area contributed by atoms with Gasteiger partial charge in [-0.3, -0.25) is 0 Å². The number of pyridine rings is 1. The maximum absolute atomic E-state index is 5.69. The molecule has 2 heterocycles. The maximum Gasteiger partial charge on any atom is 0.218 e. The highest BCUT2D eigenvalue weighted by Crippen LogP contribution is 2.17. The molecule has 144 valence electrons. The summed E-state index contributed by atoms with van der Waals surface area (Å²) in [5.41, 5.74) is 2.07. The van der Waals surface area contributed by atoms with Crippen LogP contribution in [0.15, 0.2) is 23.3 Å². The second kappa shape index (κ2) is 12.1. The Morgan fingerprint density at radius 2 is 2.08 bits per heavy atom. The third-order valence-corrected chi connectivity index (χ3v) is 4.60. The molecule has 0 bridgehead atoms. The topological polar surface area (TPSA) is 71.4 Å². The van der Waals surface area contributed by atoms with Gasteiger partial charge in [-0.2, -0.15) is 0 Å². The van der Waals surface area contributed by atoms with E-state index in [9.17, 15) is 0 Å². The number of thiazole rings is 1. The van der Waals surface area contributed by atoms with Crippen molar-refractivity contribution in [3.8, 4) is 5.88 Å². The molecule has 0 fully saturated rings. The molecule has 0 unspecified atom stereocenters. The fourth-order valence-corrected chi connectivity index (χ4v) is 3.03. The van der Waals surface area contributed by atoms with Crippen molar-refractivity contribution in [1.82, 2.24) is 20.6 Å². The fourth-order valence-electron chi connectivity index (χ4n) is 2.15. The maximum atomic E-state index is 5.69. The van der Waals surface area contributed by atoms with E-state index in [0.717, 1.165) is 35.2 Å². The van der Waals surface area contributed by atoms with Crippen LogP contribution in [0.3, 0.4) is 0 Å². The van der Waals surface area contributed by atoms with E-state index in [0.29, 0.717) is 25.6 Å². The molecule has 0 saturated carbocycles. The van der Waals surface area contributed by atoms with Crippen LogP contribution in [0.2, 0.25) is 0 Å². The van der Waals surface area contributed by atoms with E-state index in [1.807, 2.05) is 19.1 Å². The van der Waals surface area contributed by atoms with Crippen molar-refractivity contribution in [2.75, 3.05) is 13.2 Å². The van der Waals surface area contributed by atoms with Crippen LogP contribution in [-0.4, -0.2) is 29.1 Å². The molecule has 0 aliphatic heterocycles. The van der Waals surface area contributed by atoms with Gasteiger partial charge in [-0.15, -0.1) is 35.3 Å².